The van der Waals surface area contributed by atoms with E-state index in [-0.39, 0.29) is 11.5 Å². The van der Waals surface area contributed by atoms with Crippen LogP contribution in [-0.4, -0.2) is 31.9 Å². The molecular formula is C16H12N4O3. The standard InChI is InChI=1S/C16H12N4O3/c17-16(23)20-12-4-2-8(15(21)22)5-10(12)6-13(20)11-3-1-9-7-18-19-14(9)11/h1-7,11H,(H2,17,23)(H,18,19)(H,21,22). The quantitative estimate of drug-likeness (QED) is 0.673. The smallest absolute Gasteiger partial charge is 0.335 e. The zero-order valence-electron chi connectivity index (χ0n) is 11.9. The average Bonchev–Trinajstić information content (AvgIpc) is 3.18. The third-order valence-corrected chi connectivity index (χ3v) is 4.08. The lowest BCUT2D eigenvalue weighted by Crippen LogP contribution is -2.22. The van der Waals surface area contributed by atoms with E-state index in [0.717, 1.165) is 11.3 Å². The Morgan fingerprint density at radius 3 is 2.87 bits per heavy atom. The Labute approximate surface area is 130 Å². The van der Waals surface area contributed by atoms with Gasteiger partial charge in [-0.25, -0.2) is 9.59 Å². The number of carboxylic acid groups (broad SMARTS) is 1. The summed E-state index contributed by atoms with van der Waals surface area (Å²) in [6.07, 6.45) is 5.65. The van der Waals surface area contributed by atoms with E-state index in [0.29, 0.717) is 16.6 Å². The Kier molecular flexibility index (Phi) is 2.65. The van der Waals surface area contributed by atoms with Crippen LogP contribution < -0.4 is 5.73 Å². The van der Waals surface area contributed by atoms with E-state index in [9.17, 15) is 9.59 Å². The first-order chi connectivity index (χ1) is 11.1. The molecule has 3 aromatic rings. The van der Waals surface area contributed by atoms with Crippen molar-refractivity contribution >= 4 is 29.0 Å². The van der Waals surface area contributed by atoms with E-state index in [2.05, 4.69) is 10.2 Å². The fourth-order valence-electron chi connectivity index (χ4n) is 3.07. The van der Waals surface area contributed by atoms with Crippen LogP contribution in [0.15, 0.2) is 36.5 Å². The maximum Gasteiger partial charge on any atom is 0.335 e. The fraction of sp³-hybridized carbons (Fsp3) is 0.0625. The number of nitrogens with one attached hydrogen (secondary N) is 1. The predicted octanol–water partition coefficient (Wildman–Crippen LogP) is 2.15. The number of benzene rings is 1. The number of aromatic carboxylic acids is 1. The van der Waals surface area contributed by atoms with Gasteiger partial charge in [-0.05, 0) is 24.3 Å². The summed E-state index contributed by atoms with van der Waals surface area (Å²) in [5.74, 6) is -1.22. The minimum atomic E-state index is -1.02. The Balaban J connectivity index is 1.96. The Bertz CT molecular complexity index is 996. The zero-order chi connectivity index (χ0) is 16.1. The largest absolute Gasteiger partial charge is 0.478 e. The highest BCUT2D eigenvalue weighted by atomic mass is 16.4. The number of amides is 1. The van der Waals surface area contributed by atoms with Crippen molar-refractivity contribution in [3.63, 3.8) is 0 Å². The number of fused-ring (bicyclic) bond motifs is 2. The van der Waals surface area contributed by atoms with Gasteiger partial charge in [0.25, 0.3) is 0 Å². The number of hydrogen-bond donors (Lipinski definition) is 3. The summed E-state index contributed by atoms with van der Waals surface area (Å²) in [6.45, 7) is 0. The van der Waals surface area contributed by atoms with Crippen LogP contribution in [0.2, 0.25) is 0 Å². The van der Waals surface area contributed by atoms with Crippen LogP contribution in [0.4, 0.5) is 4.79 Å². The second-order valence-electron chi connectivity index (χ2n) is 5.38. The van der Waals surface area contributed by atoms with Gasteiger partial charge in [0.1, 0.15) is 0 Å². The van der Waals surface area contributed by atoms with E-state index >= 15 is 0 Å². The SMILES string of the molecule is NC(=O)n1c(C2C=Cc3c[nH]nc32)cc2cc(C(=O)O)ccc21. The van der Waals surface area contributed by atoms with Crippen molar-refractivity contribution in [3.05, 3.63) is 59.1 Å². The van der Waals surface area contributed by atoms with Gasteiger partial charge in [-0.1, -0.05) is 12.2 Å². The summed E-state index contributed by atoms with van der Waals surface area (Å²) in [6, 6.07) is 5.75. The van der Waals surface area contributed by atoms with Crippen LogP contribution in [0.5, 0.6) is 0 Å². The van der Waals surface area contributed by atoms with Crippen molar-refractivity contribution in [2.75, 3.05) is 0 Å². The van der Waals surface area contributed by atoms with Gasteiger partial charge in [-0.3, -0.25) is 9.67 Å². The van der Waals surface area contributed by atoms with Gasteiger partial charge in [0, 0.05) is 22.8 Å². The summed E-state index contributed by atoms with van der Waals surface area (Å²) in [4.78, 5) is 23.1. The monoisotopic (exact) mass is 308 g/mol. The van der Waals surface area contributed by atoms with Gasteiger partial charge in [0.2, 0.25) is 0 Å². The summed E-state index contributed by atoms with van der Waals surface area (Å²) < 4.78 is 1.40. The molecule has 1 atom stereocenters. The number of aromatic nitrogens is 3. The van der Waals surface area contributed by atoms with Crippen molar-refractivity contribution < 1.29 is 14.7 Å². The molecule has 0 aliphatic heterocycles. The number of allylic oxidation sites excluding steroid dienone is 1. The molecule has 2 aromatic heterocycles. The molecule has 4 rings (SSSR count). The molecule has 1 aromatic carbocycles. The number of H-pyrrole nitrogens is 1. The number of nitrogens with two attached hydrogens (primary N) is 1. The van der Waals surface area contributed by atoms with Crippen molar-refractivity contribution in [2.24, 2.45) is 5.73 Å². The normalized spacial score (nSPS) is 15.9. The lowest BCUT2D eigenvalue weighted by molar-refractivity contribution is 0.0697. The van der Waals surface area contributed by atoms with E-state index in [1.165, 1.54) is 16.7 Å². The van der Waals surface area contributed by atoms with E-state index < -0.39 is 12.0 Å². The van der Waals surface area contributed by atoms with E-state index in [1.807, 2.05) is 12.2 Å². The minimum absolute atomic E-state index is 0.160. The topological polar surface area (TPSA) is 114 Å². The molecule has 0 saturated heterocycles. The Morgan fingerprint density at radius 1 is 1.30 bits per heavy atom. The summed E-state index contributed by atoms with van der Waals surface area (Å²) in [5, 5.41) is 16.8. The second kappa shape index (κ2) is 4.57. The molecule has 0 saturated carbocycles. The highest BCUT2D eigenvalue weighted by Crippen LogP contribution is 2.36. The number of carbonyl (C=O) groups excluding carboxylic acids is 1. The molecule has 0 fully saturated rings. The summed E-state index contributed by atoms with van der Waals surface area (Å²) in [7, 11) is 0. The zero-order valence-corrected chi connectivity index (χ0v) is 11.9. The van der Waals surface area contributed by atoms with Crippen LogP contribution in [0.1, 0.15) is 33.2 Å². The molecular weight excluding hydrogens is 296 g/mol. The maximum atomic E-state index is 11.9. The molecule has 4 N–H and O–H groups in total. The van der Waals surface area contributed by atoms with Crippen LogP contribution in [0.3, 0.4) is 0 Å². The van der Waals surface area contributed by atoms with Crippen molar-refractivity contribution in [3.8, 4) is 0 Å². The Hall–Kier alpha value is -3.35. The highest BCUT2D eigenvalue weighted by Gasteiger charge is 2.27. The van der Waals surface area contributed by atoms with Crippen LogP contribution in [-0.2, 0) is 0 Å². The number of aromatic amines is 1. The molecule has 0 spiro atoms. The first kappa shape index (κ1) is 13.3. The number of carbonyl (C=O) groups is 2. The lowest BCUT2D eigenvalue weighted by atomic mass is 10.0. The lowest BCUT2D eigenvalue weighted by Gasteiger charge is -2.11. The van der Waals surface area contributed by atoms with Gasteiger partial charge in [0.15, 0.2) is 0 Å². The second-order valence-corrected chi connectivity index (χ2v) is 5.38. The maximum absolute atomic E-state index is 11.9. The number of hydrogen-bond acceptors (Lipinski definition) is 3. The third kappa shape index (κ3) is 1.87. The Morgan fingerprint density at radius 2 is 2.13 bits per heavy atom. The van der Waals surface area contributed by atoms with Crippen molar-refractivity contribution in [2.45, 2.75) is 5.92 Å². The first-order valence-electron chi connectivity index (χ1n) is 6.96. The fourth-order valence-corrected chi connectivity index (χ4v) is 3.07. The molecule has 23 heavy (non-hydrogen) atoms. The third-order valence-electron chi connectivity index (χ3n) is 4.08. The summed E-state index contributed by atoms with van der Waals surface area (Å²) in [5.41, 5.74) is 8.72. The molecule has 1 amide bonds. The molecule has 1 aliphatic rings. The van der Waals surface area contributed by atoms with E-state index in [1.54, 1.807) is 18.3 Å². The summed E-state index contributed by atoms with van der Waals surface area (Å²) >= 11 is 0. The first-order valence-corrected chi connectivity index (χ1v) is 6.96. The van der Waals surface area contributed by atoms with Crippen molar-refractivity contribution in [1.82, 2.24) is 14.8 Å². The highest BCUT2D eigenvalue weighted by molar-refractivity contribution is 5.98. The molecule has 7 nitrogen and oxygen atoms in total. The molecule has 1 aliphatic carbocycles. The van der Waals surface area contributed by atoms with Crippen LogP contribution in [0.25, 0.3) is 17.0 Å². The molecule has 7 heteroatoms. The molecule has 1 unspecified atom stereocenters. The average molecular weight is 308 g/mol. The van der Waals surface area contributed by atoms with E-state index in [4.69, 9.17) is 10.8 Å². The molecule has 114 valence electrons. The molecule has 2 heterocycles. The van der Waals surface area contributed by atoms with Gasteiger partial charge >= 0.3 is 12.0 Å². The number of carboxylic acids is 1. The minimum Gasteiger partial charge on any atom is -0.478 e. The number of nitrogens with zero attached hydrogens (tertiary/aromatic N) is 2. The van der Waals surface area contributed by atoms with Crippen LogP contribution >= 0.6 is 0 Å². The number of primary amides is 1. The predicted molar refractivity (Wildman–Crippen MR) is 83.3 cm³/mol. The number of rotatable bonds is 2. The van der Waals surface area contributed by atoms with Gasteiger partial charge in [0.05, 0.1) is 22.7 Å². The molecule has 0 radical (unpaired) electrons. The molecule has 0 bridgehead atoms. The van der Waals surface area contributed by atoms with Crippen LogP contribution in [0, 0.1) is 0 Å². The van der Waals surface area contributed by atoms with Gasteiger partial charge < -0.3 is 10.8 Å². The van der Waals surface area contributed by atoms with Gasteiger partial charge in [-0.15, -0.1) is 0 Å². The van der Waals surface area contributed by atoms with Crippen molar-refractivity contribution in [1.29, 1.82) is 0 Å². The van der Waals surface area contributed by atoms with Gasteiger partial charge in [-0.2, -0.15) is 5.10 Å².